The van der Waals surface area contributed by atoms with E-state index in [4.69, 9.17) is 10.5 Å². The van der Waals surface area contributed by atoms with Gasteiger partial charge in [0.25, 0.3) is 0 Å². The summed E-state index contributed by atoms with van der Waals surface area (Å²) in [5, 5.41) is 0. The molecule has 0 aromatic rings. The topological polar surface area (TPSA) is 38.5 Å². The van der Waals surface area contributed by atoms with Crippen molar-refractivity contribution in [3.8, 4) is 0 Å². The summed E-state index contributed by atoms with van der Waals surface area (Å²) in [5.41, 5.74) is 6.04. The molecule has 2 fully saturated rings. The monoisotopic (exact) mass is 226 g/mol. The third kappa shape index (κ3) is 3.44. The van der Waals surface area contributed by atoms with Gasteiger partial charge < -0.3 is 10.5 Å². The lowest BCUT2D eigenvalue weighted by atomic mass is 9.85. The molecule has 0 radical (unpaired) electrons. The van der Waals surface area contributed by atoms with Crippen LogP contribution in [0.3, 0.4) is 0 Å². The summed E-state index contributed by atoms with van der Waals surface area (Å²) in [6.07, 6.45) is 5.92. The largest absolute Gasteiger partial charge is 0.373 e. The molecule has 0 aromatic carbocycles. The van der Waals surface area contributed by atoms with Crippen molar-refractivity contribution < 1.29 is 4.74 Å². The van der Waals surface area contributed by atoms with Crippen molar-refractivity contribution in [2.75, 3.05) is 19.6 Å². The second-order valence-electron chi connectivity index (χ2n) is 5.77. The van der Waals surface area contributed by atoms with Crippen molar-refractivity contribution in [2.24, 2.45) is 11.7 Å². The average molecular weight is 226 g/mol. The van der Waals surface area contributed by atoms with Crippen molar-refractivity contribution >= 4 is 0 Å². The molecule has 1 aliphatic carbocycles. The number of rotatable bonds is 2. The summed E-state index contributed by atoms with van der Waals surface area (Å²) >= 11 is 0. The number of morpholine rings is 1. The lowest BCUT2D eigenvalue weighted by molar-refractivity contribution is -0.0726. The van der Waals surface area contributed by atoms with Gasteiger partial charge in [-0.3, -0.25) is 4.90 Å². The van der Waals surface area contributed by atoms with Gasteiger partial charge in [0.15, 0.2) is 0 Å². The van der Waals surface area contributed by atoms with Crippen LogP contribution in [0.15, 0.2) is 0 Å². The van der Waals surface area contributed by atoms with Crippen LogP contribution in [0, 0.1) is 5.92 Å². The Morgan fingerprint density at radius 3 is 2.50 bits per heavy atom. The van der Waals surface area contributed by atoms with Gasteiger partial charge in [-0.1, -0.05) is 6.42 Å². The van der Waals surface area contributed by atoms with E-state index in [1.807, 2.05) is 0 Å². The van der Waals surface area contributed by atoms with Gasteiger partial charge in [0.1, 0.15) is 0 Å². The Hall–Kier alpha value is -0.120. The molecular weight excluding hydrogens is 200 g/mol. The summed E-state index contributed by atoms with van der Waals surface area (Å²) in [5.74, 6) is 0.821. The van der Waals surface area contributed by atoms with Crippen LogP contribution in [0.4, 0.5) is 0 Å². The molecule has 0 bridgehead atoms. The van der Waals surface area contributed by atoms with E-state index in [9.17, 15) is 0 Å². The van der Waals surface area contributed by atoms with Crippen molar-refractivity contribution in [1.29, 1.82) is 0 Å². The molecule has 2 N–H and O–H groups in total. The van der Waals surface area contributed by atoms with E-state index < -0.39 is 0 Å². The third-order valence-electron chi connectivity index (χ3n) is 3.84. The molecule has 3 heteroatoms. The van der Waals surface area contributed by atoms with Crippen molar-refractivity contribution in [1.82, 2.24) is 4.90 Å². The van der Waals surface area contributed by atoms with E-state index in [1.54, 1.807) is 0 Å². The minimum atomic E-state index is 0.390. The van der Waals surface area contributed by atoms with Crippen LogP contribution in [0.5, 0.6) is 0 Å². The van der Waals surface area contributed by atoms with Crippen molar-refractivity contribution in [3.05, 3.63) is 0 Å². The van der Waals surface area contributed by atoms with Crippen molar-refractivity contribution in [2.45, 2.75) is 57.8 Å². The molecule has 4 atom stereocenters. The first-order valence-electron chi connectivity index (χ1n) is 6.77. The summed E-state index contributed by atoms with van der Waals surface area (Å²) < 4.78 is 5.76. The first kappa shape index (κ1) is 12.3. The predicted octanol–water partition coefficient (Wildman–Crippen LogP) is 1.61. The van der Waals surface area contributed by atoms with Crippen LogP contribution >= 0.6 is 0 Å². The van der Waals surface area contributed by atoms with Gasteiger partial charge >= 0.3 is 0 Å². The molecule has 3 nitrogen and oxygen atoms in total. The Kier molecular flexibility index (Phi) is 4.22. The minimum Gasteiger partial charge on any atom is -0.373 e. The van der Waals surface area contributed by atoms with E-state index in [2.05, 4.69) is 18.7 Å². The van der Waals surface area contributed by atoms with E-state index >= 15 is 0 Å². The fourth-order valence-electron chi connectivity index (χ4n) is 3.30. The molecule has 1 saturated heterocycles. The minimum absolute atomic E-state index is 0.390. The molecule has 1 aliphatic heterocycles. The Balaban J connectivity index is 1.79. The Morgan fingerprint density at radius 2 is 1.88 bits per heavy atom. The zero-order valence-corrected chi connectivity index (χ0v) is 10.7. The maximum atomic E-state index is 6.04. The lowest BCUT2D eigenvalue weighted by Gasteiger charge is -2.38. The first-order valence-corrected chi connectivity index (χ1v) is 6.77. The molecule has 2 aliphatic rings. The Bertz CT molecular complexity index is 212. The van der Waals surface area contributed by atoms with Crippen LogP contribution in [0.1, 0.15) is 39.5 Å². The molecule has 0 aromatic heterocycles. The molecule has 4 unspecified atom stereocenters. The zero-order valence-electron chi connectivity index (χ0n) is 10.7. The van der Waals surface area contributed by atoms with Gasteiger partial charge in [-0.2, -0.15) is 0 Å². The highest BCUT2D eigenvalue weighted by Gasteiger charge is 2.26. The number of hydrogen-bond donors (Lipinski definition) is 1. The summed E-state index contributed by atoms with van der Waals surface area (Å²) in [6, 6.07) is 0.453. The molecule has 94 valence electrons. The van der Waals surface area contributed by atoms with Crippen LogP contribution in [0.25, 0.3) is 0 Å². The molecule has 0 spiro atoms. The molecular formula is C13H26N2O. The first-order chi connectivity index (χ1) is 7.63. The van der Waals surface area contributed by atoms with Crippen molar-refractivity contribution in [3.63, 3.8) is 0 Å². The lowest BCUT2D eigenvalue weighted by Crippen LogP contribution is -2.47. The van der Waals surface area contributed by atoms with Gasteiger partial charge in [-0.25, -0.2) is 0 Å². The van der Waals surface area contributed by atoms with E-state index in [-0.39, 0.29) is 0 Å². The highest BCUT2D eigenvalue weighted by molar-refractivity contribution is 4.80. The summed E-state index contributed by atoms with van der Waals surface area (Å²) in [6.45, 7) is 7.77. The van der Waals surface area contributed by atoms with Crippen LogP contribution in [-0.2, 0) is 4.74 Å². The SMILES string of the molecule is CC1CN(CC2CCCC(N)C2)CC(C)O1. The molecule has 2 rings (SSSR count). The number of nitrogens with two attached hydrogens (primary N) is 1. The van der Waals surface area contributed by atoms with E-state index in [0.29, 0.717) is 18.2 Å². The predicted molar refractivity (Wildman–Crippen MR) is 66.4 cm³/mol. The summed E-state index contributed by atoms with van der Waals surface area (Å²) in [4.78, 5) is 2.57. The number of ether oxygens (including phenoxy) is 1. The summed E-state index contributed by atoms with van der Waals surface area (Å²) in [7, 11) is 0. The zero-order chi connectivity index (χ0) is 11.5. The Morgan fingerprint density at radius 1 is 1.19 bits per heavy atom. The standard InChI is InChI=1S/C13H26N2O/c1-10-7-15(8-11(2)16-10)9-12-4-3-5-13(14)6-12/h10-13H,3-9,14H2,1-2H3. The molecule has 1 saturated carbocycles. The highest BCUT2D eigenvalue weighted by Crippen LogP contribution is 2.25. The quantitative estimate of drug-likeness (QED) is 0.777. The van der Waals surface area contributed by atoms with E-state index in [1.165, 1.54) is 32.2 Å². The van der Waals surface area contributed by atoms with Crippen LogP contribution in [-0.4, -0.2) is 42.8 Å². The highest BCUT2D eigenvalue weighted by atomic mass is 16.5. The maximum Gasteiger partial charge on any atom is 0.0678 e. The van der Waals surface area contributed by atoms with Gasteiger partial charge in [0.05, 0.1) is 12.2 Å². The average Bonchev–Trinajstić information content (AvgIpc) is 2.15. The van der Waals surface area contributed by atoms with Crippen LogP contribution < -0.4 is 5.73 Å². The van der Waals surface area contributed by atoms with Gasteiger partial charge in [-0.15, -0.1) is 0 Å². The second-order valence-corrected chi connectivity index (χ2v) is 5.77. The molecule has 16 heavy (non-hydrogen) atoms. The van der Waals surface area contributed by atoms with Gasteiger partial charge in [0.2, 0.25) is 0 Å². The maximum absolute atomic E-state index is 6.04. The third-order valence-corrected chi connectivity index (χ3v) is 3.84. The van der Waals surface area contributed by atoms with E-state index in [0.717, 1.165) is 19.0 Å². The molecule has 0 amide bonds. The van der Waals surface area contributed by atoms with Crippen LogP contribution in [0.2, 0.25) is 0 Å². The normalized spacial score (nSPS) is 42.2. The smallest absolute Gasteiger partial charge is 0.0678 e. The second kappa shape index (κ2) is 5.48. The fraction of sp³-hybridized carbons (Fsp3) is 1.00. The Labute approximate surface area is 99.3 Å². The molecule has 1 heterocycles. The number of hydrogen-bond acceptors (Lipinski definition) is 3. The van der Waals surface area contributed by atoms with Gasteiger partial charge in [-0.05, 0) is 39.0 Å². The fourth-order valence-corrected chi connectivity index (χ4v) is 3.30. The van der Waals surface area contributed by atoms with Gasteiger partial charge in [0, 0.05) is 25.7 Å². The number of nitrogens with zero attached hydrogens (tertiary/aromatic N) is 1.